The summed E-state index contributed by atoms with van der Waals surface area (Å²) in [5.41, 5.74) is 1.92. The van der Waals surface area contributed by atoms with Crippen LogP contribution >= 0.6 is 11.3 Å². The van der Waals surface area contributed by atoms with E-state index in [4.69, 9.17) is 9.47 Å². The summed E-state index contributed by atoms with van der Waals surface area (Å²) < 4.78 is 11.3. The van der Waals surface area contributed by atoms with Gasteiger partial charge in [0.1, 0.15) is 11.4 Å². The predicted molar refractivity (Wildman–Crippen MR) is 167 cm³/mol. The van der Waals surface area contributed by atoms with Crippen LogP contribution in [0, 0.1) is 0 Å². The van der Waals surface area contributed by atoms with E-state index in [1.54, 1.807) is 18.2 Å². The summed E-state index contributed by atoms with van der Waals surface area (Å²) in [5.74, 6) is -0.513. The van der Waals surface area contributed by atoms with E-state index in [9.17, 15) is 14.4 Å². The Hall–Kier alpha value is -4.06. The molecule has 43 heavy (non-hydrogen) atoms. The van der Waals surface area contributed by atoms with Crippen LogP contribution in [0.3, 0.4) is 0 Å². The van der Waals surface area contributed by atoms with Gasteiger partial charge in [0.2, 0.25) is 0 Å². The molecule has 2 aromatic heterocycles. The third-order valence-corrected chi connectivity index (χ3v) is 8.60. The molecular weight excluding hydrogens is 566 g/mol. The Balaban J connectivity index is 1.37. The van der Waals surface area contributed by atoms with Crippen molar-refractivity contribution in [3.8, 4) is 0 Å². The standard InChI is InChI=1S/C32H37N5O5S/c1-32(2,24-10-6-4-7-11-24)34-29(39)26-20-25-27(35-37(30(25)43-26)31(40)42-19-18-41-3)33-28(38)23-14-12-22(13-15-23)21-36-16-8-5-9-17-36/h4,6-7,10-15,20H,5,8-9,16-19,21H2,1-3H3,(H,34,39)(H,33,35,38). The molecule has 2 aromatic carbocycles. The van der Waals surface area contributed by atoms with E-state index < -0.39 is 11.6 Å². The number of benzene rings is 2. The molecule has 0 radical (unpaired) electrons. The fourth-order valence-corrected chi connectivity index (χ4v) is 6.09. The van der Waals surface area contributed by atoms with Gasteiger partial charge in [0.05, 0.1) is 22.4 Å². The van der Waals surface area contributed by atoms with E-state index in [-0.39, 0.29) is 30.8 Å². The van der Waals surface area contributed by atoms with Crippen LogP contribution in [0.25, 0.3) is 10.2 Å². The first-order valence-corrected chi connectivity index (χ1v) is 15.3. The highest BCUT2D eigenvalue weighted by Gasteiger charge is 2.27. The number of likely N-dealkylation sites (tertiary alicyclic amines) is 1. The summed E-state index contributed by atoms with van der Waals surface area (Å²) in [6.07, 6.45) is 2.99. The Labute approximate surface area is 255 Å². The smallest absolute Gasteiger partial charge is 0.436 e. The Kier molecular flexibility index (Phi) is 9.54. The van der Waals surface area contributed by atoms with Crippen LogP contribution in [0.1, 0.15) is 64.3 Å². The van der Waals surface area contributed by atoms with Crippen molar-refractivity contribution in [1.82, 2.24) is 20.0 Å². The van der Waals surface area contributed by atoms with Gasteiger partial charge < -0.3 is 20.1 Å². The van der Waals surface area contributed by atoms with Crippen molar-refractivity contribution in [3.05, 3.63) is 82.2 Å². The van der Waals surface area contributed by atoms with E-state index in [0.717, 1.165) is 46.8 Å². The topological polar surface area (TPSA) is 115 Å². The zero-order valence-electron chi connectivity index (χ0n) is 24.7. The van der Waals surface area contributed by atoms with Crippen LogP contribution in [0.2, 0.25) is 0 Å². The van der Waals surface area contributed by atoms with Crippen LogP contribution in [0.5, 0.6) is 0 Å². The number of hydrogen-bond donors (Lipinski definition) is 2. The lowest BCUT2D eigenvalue weighted by Crippen LogP contribution is -2.40. The van der Waals surface area contributed by atoms with Crippen molar-refractivity contribution in [3.63, 3.8) is 0 Å². The highest BCUT2D eigenvalue weighted by Crippen LogP contribution is 2.33. The Morgan fingerprint density at radius 1 is 0.953 bits per heavy atom. The van der Waals surface area contributed by atoms with Crippen LogP contribution in [-0.4, -0.2) is 66.0 Å². The number of nitrogens with zero attached hydrogens (tertiary/aromatic N) is 3. The Morgan fingerprint density at radius 2 is 1.67 bits per heavy atom. The quantitative estimate of drug-likeness (QED) is 0.226. The Bertz CT molecular complexity index is 1570. The number of aromatic nitrogens is 2. The van der Waals surface area contributed by atoms with Crippen molar-refractivity contribution in [1.29, 1.82) is 0 Å². The second-order valence-corrected chi connectivity index (χ2v) is 12.2. The van der Waals surface area contributed by atoms with Crippen LogP contribution in [0.4, 0.5) is 10.6 Å². The molecule has 0 unspecified atom stereocenters. The van der Waals surface area contributed by atoms with E-state index in [2.05, 4.69) is 20.6 Å². The molecule has 1 aliphatic heterocycles. The number of piperidine rings is 1. The number of carbonyl (C=O) groups is 3. The van der Waals surface area contributed by atoms with Crippen LogP contribution in [0.15, 0.2) is 60.7 Å². The molecule has 2 N–H and O–H groups in total. The fraction of sp³-hybridized carbons (Fsp3) is 0.375. The molecule has 0 bridgehead atoms. The molecular formula is C32H37N5O5S. The number of anilines is 1. The molecule has 226 valence electrons. The maximum atomic E-state index is 13.4. The van der Waals surface area contributed by atoms with Gasteiger partial charge in [-0.3, -0.25) is 14.5 Å². The summed E-state index contributed by atoms with van der Waals surface area (Å²) in [6.45, 7) is 7.15. The summed E-state index contributed by atoms with van der Waals surface area (Å²) in [5, 5.41) is 10.7. The molecule has 1 fully saturated rings. The van der Waals surface area contributed by atoms with E-state index in [1.165, 1.54) is 26.4 Å². The minimum atomic E-state index is -0.733. The number of rotatable bonds is 10. The van der Waals surface area contributed by atoms with Gasteiger partial charge >= 0.3 is 6.09 Å². The number of amides is 2. The fourth-order valence-electron chi connectivity index (χ4n) is 5.10. The molecule has 10 nitrogen and oxygen atoms in total. The van der Waals surface area contributed by atoms with Crippen LogP contribution < -0.4 is 10.6 Å². The van der Waals surface area contributed by atoms with E-state index in [0.29, 0.717) is 20.7 Å². The molecule has 11 heteroatoms. The molecule has 5 rings (SSSR count). The molecule has 1 saturated heterocycles. The number of carbonyl (C=O) groups excluding carboxylic acids is 3. The van der Waals surface area contributed by atoms with Crippen molar-refractivity contribution in [2.24, 2.45) is 0 Å². The summed E-state index contributed by atoms with van der Waals surface area (Å²) >= 11 is 1.10. The number of methoxy groups -OCH3 is 1. The number of ether oxygens (including phenoxy) is 2. The lowest BCUT2D eigenvalue weighted by Gasteiger charge is -2.26. The molecule has 0 saturated carbocycles. The molecule has 0 aliphatic carbocycles. The first kappa shape index (κ1) is 30.4. The van der Waals surface area contributed by atoms with Crippen LogP contribution in [-0.2, 0) is 21.6 Å². The second-order valence-electron chi connectivity index (χ2n) is 11.1. The SMILES string of the molecule is COCCOC(=O)n1nc(NC(=O)c2ccc(CN3CCCCC3)cc2)c2cc(C(=O)NC(C)(C)c3ccccc3)sc21. The van der Waals surface area contributed by atoms with E-state index >= 15 is 0 Å². The zero-order chi connectivity index (χ0) is 30.4. The molecule has 2 amide bonds. The molecule has 0 atom stereocenters. The van der Waals surface area contributed by atoms with Crippen molar-refractivity contribution >= 4 is 45.3 Å². The van der Waals surface area contributed by atoms with Gasteiger partial charge in [0.25, 0.3) is 11.8 Å². The minimum absolute atomic E-state index is 0.0339. The average Bonchev–Trinajstić information content (AvgIpc) is 3.59. The largest absolute Gasteiger partial charge is 0.445 e. The monoisotopic (exact) mass is 603 g/mol. The van der Waals surface area contributed by atoms with Crippen molar-refractivity contribution in [2.75, 3.05) is 38.7 Å². The first-order valence-electron chi connectivity index (χ1n) is 14.4. The van der Waals surface area contributed by atoms with Gasteiger partial charge in [-0.2, -0.15) is 4.68 Å². The van der Waals surface area contributed by atoms with Gasteiger partial charge in [-0.25, -0.2) is 4.79 Å². The maximum Gasteiger partial charge on any atom is 0.436 e. The summed E-state index contributed by atoms with van der Waals surface area (Å²) in [4.78, 5) is 42.7. The van der Waals surface area contributed by atoms with E-state index in [1.807, 2.05) is 56.3 Å². The molecule has 3 heterocycles. The lowest BCUT2D eigenvalue weighted by molar-refractivity contribution is 0.0915. The van der Waals surface area contributed by atoms with Crippen molar-refractivity contribution < 1.29 is 23.9 Å². The third-order valence-electron chi connectivity index (χ3n) is 7.49. The first-order chi connectivity index (χ1) is 20.7. The van der Waals surface area contributed by atoms with Gasteiger partial charge in [-0.15, -0.1) is 16.4 Å². The van der Waals surface area contributed by atoms with Gasteiger partial charge in [-0.05, 0) is 69.1 Å². The van der Waals surface area contributed by atoms with Crippen molar-refractivity contribution in [2.45, 2.75) is 45.2 Å². The maximum absolute atomic E-state index is 13.4. The molecule has 1 aliphatic rings. The number of thiophene rings is 1. The second kappa shape index (κ2) is 13.5. The van der Waals surface area contributed by atoms with Gasteiger partial charge in [-0.1, -0.05) is 48.9 Å². The zero-order valence-corrected chi connectivity index (χ0v) is 25.5. The normalized spacial score (nSPS) is 14.0. The number of fused-ring (bicyclic) bond motifs is 1. The summed E-state index contributed by atoms with van der Waals surface area (Å²) in [7, 11) is 1.51. The number of hydrogen-bond acceptors (Lipinski definition) is 8. The average molecular weight is 604 g/mol. The predicted octanol–water partition coefficient (Wildman–Crippen LogP) is 5.63. The summed E-state index contributed by atoms with van der Waals surface area (Å²) in [6, 6.07) is 18.8. The Morgan fingerprint density at radius 3 is 2.37 bits per heavy atom. The highest BCUT2D eigenvalue weighted by molar-refractivity contribution is 7.20. The number of nitrogens with one attached hydrogen (secondary N) is 2. The minimum Gasteiger partial charge on any atom is -0.445 e. The van der Waals surface area contributed by atoms with Gasteiger partial charge in [0.15, 0.2) is 5.82 Å². The molecule has 0 spiro atoms. The lowest BCUT2D eigenvalue weighted by atomic mass is 9.94. The van der Waals surface area contributed by atoms with Gasteiger partial charge in [0, 0.05) is 19.2 Å². The third kappa shape index (κ3) is 7.30. The highest BCUT2D eigenvalue weighted by atomic mass is 32.1. The molecule has 4 aromatic rings.